The quantitative estimate of drug-likeness (QED) is 0.928. The molecule has 0 aromatic heterocycles. The van der Waals surface area contributed by atoms with Crippen LogP contribution in [0.15, 0.2) is 36.4 Å². The van der Waals surface area contributed by atoms with E-state index in [2.05, 4.69) is 5.32 Å². The van der Waals surface area contributed by atoms with Gasteiger partial charge in [0.25, 0.3) is 0 Å². The van der Waals surface area contributed by atoms with Crippen molar-refractivity contribution in [2.24, 2.45) is 0 Å². The molecule has 0 spiro atoms. The number of benzene rings is 2. The Hall–Kier alpha value is -2.23. The molecule has 0 saturated heterocycles. The molecule has 3 rings (SSSR count). The van der Waals surface area contributed by atoms with Crippen LogP contribution in [0.2, 0.25) is 0 Å². The lowest BCUT2D eigenvalue weighted by Gasteiger charge is -2.19. The van der Waals surface area contributed by atoms with Gasteiger partial charge in [-0.2, -0.15) is 0 Å². The molecule has 1 heterocycles. The summed E-state index contributed by atoms with van der Waals surface area (Å²) in [7, 11) is 0. The summed E-state index contributed by atoms with van der Waals surface area (Å²) in [6.45, 7) is 3.72. The number of anilines is 1. The Morgan fingerprint density at radius 2 is 1.85 bits per heavy atom. The van der Waals surface area contributed by atoms with Crippen LogP contribution in [-0.4, -0.2) is 13.2 Å². The Labute approximate surface area is 117 Å². The largest absolute Gasteiger partial charge is 0.486 e. The normalized spacial score (nSPS) is 13.1. The number of hydrogen-bond donors (Lipinski definition) is 1. The second-order valence-electron chi connectivity index (χ2n) is 4.78. The third-order valence-electron chi connectivity index (χ3n) is 3.33. The molecule has 0 saturated carbocycles. The zero-order chi connectivity index (χ0) is 13.9. The Morgan fingerprint density at radius 3 is 2.65 bits per heavy atom. The number of fused-ring (bicyclic) bond motifs is 1. The van der Waals surface area contributed by atoms with Gasteiger partial charge in [0.1, 0.15) is 19.0 Å². The average molecular weight is 273 g/mol. The highest BCUT2D eigenvalue weighted by atomic mass is 19.1. The van der Waals surface area contributed by atoms with Crippen LogP contribution >= 0.6 is 0 Å². The summed E-state index contributed by atoms with van der Waals surface area (Å²) in [5, 5.41) is 3.31. The van der Waals surface area contributed by atoms with Gasteiger partial charge in [0.05, 0.1) is 0 Å². The smallest absolute Gasteiger partial charge is 0.163 e. The SMILES string of the molecule is Cc1cc(F)ccc1CNc1ccc2c(c1)OCCO2. The van der Waals surface area contributed by atoms with Gasteiger partial charge in [-0.3, -0.25) is 0 Å². The van der Waals surface area contributed by atoms with Gasteiger partial charge in [-0.05, 0) is 42.3 Å². The molecule has 2 aromatic rings. The molecule has 1 aliphatic heterocycles. The lowest BCUT2D eigenvalue weighted by Crippen LogP contribution is -2.15. The molecular formula is C16H16FNO2. The maximum absolute atomic E-state index is 13.0. The first-order valence-corrected chi connectivity index (χ1v) is 6.61. The molecule has 20 heavy (non-hydrogen) atoms. The van der Waals surface area contributed by atoms with Crippen LogP contribution in [0.5, 0.6) is 11.5 Å². The van der Waals surface area contributed by atoms with Gasteiger partial charge in [0, 0.05) is 18.3 Å². The monoisotopic (exact) mass is 273 g/mol. The average Bonchev–Trinajstić information content (AvgIpc) is 2.46. The number of hydrogen-bond acceptors (Lipinski definition) is 3. The molecule has 0 unspecified atom stereocenters. The number of ether oxygens (including phenoxy) is 2. The van der Waals surface area contributed by atoms with Crippen LogP contribution in [0.1, 0.15) is 11.1 Å². The van der Waals surface area contributed by atoms with E-state index in [-0.39, 0.29) is 5.82 Å². The van der Waals surface area contributed by atoms with Crippen LogP contribution in [0.25, 0.3) is 0 Å². The van der Waals surface area contributed by atoms with Crippen molar-refractivity contribution in [3.63, 3.8) is 0 Å². The summed E-state index contributed by atoms with van der Waals surface area (Å²) in [5.74, 6) is 1.34. The highest BCUT2D eigenvalue weighted by molar-refractivity contribution is 5.55. The summed E-state index contributed by atoms with van der Waals surface area (Å²) in [5.41, 5.74) is 2.97. The van der Waals surface area contributed by atoms with Crippen LogP contribution in [0.3, 0.4) is 0 Å². The molecule has 0 fully saturated rings. The molecule has 0 atom stereocenters. The van der Waals surface area contributed by atoms with Crippen LogP contribution in [0.4, 0.5) is 10.1 Å². The lowest BCUT2D eigenvalue weighted by molar-refractivity contribution is 0.171. The maximum Gasteiger partial charge on any atom is 0.163 e. The van der Waals surface area contributed by atoms with Gasteiger partial charge in [-0.1, -0.05) is 6.07 Å². The van der Waals surface area contributed by atoms with Crippen molar-refractivity contribution < 1.29 is 13.9 Å². The van der Waals surface area contributed by atoms with E-state index in [9.17, 15) is 4.39 Å². The lowest BCUT2D eigenvalue weighted by atomic mass is 10.1. The van der Waals surface area contributed by atoms with Crippen molar-refractivity contribution >= 4 is 5.69 Å². The summed E-state index contributed by atoms with van der Waals surface area (Å²) in [6, 6.07) is 10.6. The summed E-state index contributed by atoms with van der Waals surface area (Å²) < 4.78 is 24.1. The van der Waals surface area contributed by atoms with E-state index in [0.29, 0.717) is 19.8 Å². The maximum atomic E-state index is 13.0. The predicted molar refractivity (Wildman–Crippen MR) is 75.9 cm³/mol. The van der Waals surface area contributed by atoms with E-state index >= 15 is 0 Å². The van der Waals surface area contributed by atoms with Gasteiger partial charge < -0.3 is 14.8 Å². The number of nitrogens with one attached hydrogen (secondary N) is 1. The van der Waals surface area contributed by atoms with Crippen molar-refractivity contribution in [2.75, 3.05) is 18.5 Å². The first kappa shape index (κ1) is 12.8. The number of rotatable bonds is 3. The molecule has 2 aromatic carbocycles. The third kappa shape index (κ3) is 2.69. The van der Waals surface area contributed by atoms with Crippen molar-refractivity contribution in [3.8, 4) is 11.5 Å². The minimum absolute atomic E-state index is 0.203. The number of aryl methyl sites for hydroxylation is 1. The van der Waals surface area contributed by atoms with Crippen molar-refractivity contribution in [1.29, 1.82) is 0 Å². The Morgan fingerprint density at radius 1 is 1.05 bits per heavy atom. The summed E-state index contributed by atoms with van der Waals surface area (Å²) in [4.78, 5) is 0. The van der Waals surface area contributed by atoms with Gasteiger partial charge in [-0.25, -0.2) is 4.39 Å². The zero-order valence-electron chi connectivity index (χ0n) is 11.3. The third-order valence-corrected chi connectivity index (χ3v) is 3.33. The van der Waals surface area contributed by atoms with Gasteiger partial charge in [0.2, 0.25) is 0 Å². The standard InChI is InChI=1S/C16H16FNO2/c1-11-8-13(17)3-2-12(11)10-18-14-4-5-15-16(9-14)20-7-6-19-15/h2-5,8-9,18H,6-7,10H2,1H3. The van der Waals surface area contributed by atoms with E-state index < -0.39 is 0 Å². The molecule has 3 nitrogen and oxygen atoms in total. The minimum atomic E-state index is -0.203. The Bertz CT molecular complexity index is 628. The molecule has 104 valence electrons. The first-order chi connectivity index (χ1) is 9.72. The van der Waals surface area contributed by atoms with Crippen molar-refractivity contribution in [2.45, 2.75) is 13.5 Å². The second-order valence-corrected chi connectivity index (χ2v) is 4.78. The molecular weight excluding hydrogens is 257 g/mol. The molecule has 1 N–H and O–H groups in total. The fraction of sp³-hybridized carbons (Fsp3) is 0.250. The predicted octanol–water partition coefficient (Wildman–Crippen LogP) is 3.52. The molecule has 0 bridgehead atoms. The fourth-order valence-electron chi connectivity index (χ4n) is 2.21. The van der Waals surface area contributed by atoms with Crippen molar-refractivity contribution in [1.82, 2.24) is 0 Å². The summed E-state index contributed by atoms with van der Waals surface area (Å²) >= 11 is 0. The fourth-order valence-corrected chi connectivity index (χ4v) is 2.21. The molecule has 0 radical (unpaired) electrons. The van der Waals surface area contributed by atoms with Crippen LogP contribution in [-0.2, 0) is 6.54 Å². The zero-order valence-corrected chi connectivity index (χ0v) is 11.3. The summed E-state index contributed by atoms with van der Waals surface area (Å²) in [6.07, 6.45) is 0. The Balaban J connectivity index is 1.72. The topological polar surface area (TPSA) is 30.5 Å². The second kappa shape index (κ2) is 5.41. The van der Waals surface area contributed by atoms with Gasteiger partial charge in [-0.15, -0.1) is 0 Å². The molecule has 0 aliphatic carbocycles. The van der Waals surface area contributed by atoms with Crippen LogP contribution in [0, 0.1) is 12.7 Å². The first-order valence-electron chi connectivity index (χ1n) is 6.61. The Kier molecular flexibility index (Phi) is 3.46. The van der Waals surface area contributed by atoms with Crippen molar-refractivity contribution in [3.05, 3.63) is 53.3 Å². The number of halogens is 1. The van der Waals surface area contributed by atoms with Gasteiger partial charge >= 0.3 is 0 Å². The van der Waals surface area contributed by atoms with Gasteiger partial charge in [0.15, 0.2) is 11.5 Å². The minimum Gasteiger partial charge on any atom is -0.486 e. The van der Waals surface area contributed by atoms with E-state index in [1.54, 1.807) is 12.1 Å². The van der Waals surface area contributed by atoms with E-state index in [0.717, 1.165) is 28.3 Å². The van der Waals surface area contributed by atoms with E-state index in [1.165, 1.54) is 6.07 Å². The highest BCUT2D eigenvalue weighted by Gasteiger charge is 2.11. The molecule has 4 heteroatoms. The highest BCUT2D eigenvalue weighted by Crippen LogP contribution is 2.32. The molecule has 1 aliphatic rings. The van der Waals surface area contributed by atoms with E-state index in [4.69, 9.17) is 9.47 Å². The van der Waals surface area contributed by atoms with Crippen LogP contribution < -0.4 is 14.8 Å². The molecule has 0 amide bonds. The van der Waals surface area contributed by atoms with E-state index in [1.807, 2.05) is 25.1 Å².